The first kappa shape index (κ1) is 16.8. The van der Waals surface area contributed by atoms with Gasteiger partial charge in [0, 0.05) is 31.4 Å². The number of hydrogen-bond acceptors (Lipinski definition) is 4. The number of rotatable bonds is 6. The highest BCUT2D eigenvalue weighted by Gasteiger charge is 2.28. The Morgan fingerprint density at radius 2 is 2.23 bits per heavy atom. The van der Waals surface area contributed by atoms with Gasteiger partial charge in [-0.3, -0.25) is 9.48 Å². The minimum Gasteiger partial charge on any atom is -0.344 e. The van der Waals surface area contributed by atoms with Crippen LogP contribution < -0.4 is 5.32 Å². The zero-order valence-corrected chi connectivity index (χ0v) is 15.4. The molecule has 0 aliphatic heterocycles. The van der Waals surface area contributed by atoms with Crippen LogP contribution in [-0.2, 0) is 13.6 Å². The molecule has 0 radical (unpaired) electrons. The van der Waals surface area contributed by atoms with E-state index in [0.717, 1.165) is 48.2 Å². The molecule has 7 nitrogen and oxygen atoms in total. The van der Waals surface area contributed by atoms with Crippen molar-refractivity contribution in [2.45, 2.75) is 51.6 Å². The van der Waals surface area contributed by atoms with Crippen molar-refractivity contribution in [2.24, 2.45) is 7.05 Å². The molecule has 3 aromatic heterocycles. The molecule has 26 heavy (non-hydrogen) atoms. The lowest BCUT2D eigenvalue weighted by Crippen LogP contribution is -2.27. The van der Waals surface area contributed by atoms with E-state index < -0.39 is 0 Å². The summed E-state index contributed by atoms with van der Waals surface area (Å²) in [6, 6.07) is 3.70. The Kier molecular flexibility index (Phi) is 4.22. The molecule has 1 aliphatic carbocycles. The number of pyridine rings is 1. The first-order valence-electron chi connectivity index (χ1n) is 9.23. The number of carbonyl (C=O) groups excluding carboxylic acids is 1. The fourth-order valence-electron chi connectivity index (χ4n) is 3.23. The Morgan fingerprint density at radius 1 is 1.42 bits per heavy atom. The Labute approximate surface area is 152 Å². The number of aromatic nitrogens is 5. The molecule has 1 amide bonds. The minimum atomic E-state index is -0.165. The molecule has 136 valence electrons. The summed E-state index contributed by atoms with van der Waals surface area (Å²) in [5.74, 6) is 0.373. The molecule has 3 aromatic rings. The highest BCUT2D eigenvalue weighted by Crippen LogP contribution is 2.40. The van der Waals surface area contributed by atoms with E-state index in [4.69, 9.17) is 4.98 Å². The van der Waals surface area contributed by atoms with Gasteiger partial charge >= 0.3 is 0 Å². The van der Waals surface area contributed by atoms with Crippen molar-refractivity contribution in [1.82, 2.24) is 29.9 Å². The molecule has 4 rings (SSSR count). The van der Waals surface area contributed by atoms with Crippen LogP contribution in [0.4, 0.5) is 0 Å². The van der Waals surface area contributed by atoms with Crippen molar-refractivity contribution in [3.8, 4) is 0 Å². The van der Waals surface area contributed by atoms with Crippen LogP contribution in [0.25, 0.3) is 11.0 Å². The lowest BCUT2D eigenvalue weighted by Gasteiger charge is -2.13. The molecule has 1 fully saturated rings. The molecule has 0 unspecified atom stereocenters. The zero-order valence-electron chi connectivity index (χ0n) is 15.4. The lowest BCUT2D eigenvalue weighted by atomic mass is 10.1. The van der Waals surface area contributed by atoms with E-state index in [9.17, 15) is 4.79 Å². The molecular weight excluding hydrogens is 328 g/mol. The number of carbonyl (C=O) groups is 1. The van der Waals surface area contributed by atoms with E-state index in [2.05, 4.69) is 22.4 Å². The number of amides is 1. The third-order valence-corrected chi connectivity index (χ3v) is 4.83. The maximum absolute atomic E-state index is 13.0. The largest absolute Gasteiger partial charge is 0.344 e. The molecule has 1 saturated carbocycles. The monoisotopic (exact) mass is 352 g/mol. The molecule has 0 saturated heterocycles. The van der Waals surface area contributed by atoms with Crippen LogP contribution in [0.2, 0.25) is 0 Å². The number of nitrogens with zero attached hydrogens (tertiary/aromatic N) is 5. The second-order valence-corrected chi connectivity index (χ2v) is 7.08. The van der Waals surface area contributed by atoms with Crippen molar-refractivity contribution in [2.75, 3.05) is 0 Å². The third kappa shape index (κ3) is 3.09. The van der Waals surface area contributed by atoms with Crippen LogP contribution in [0.15, 0.2) is 24.5 Å². The van der Waals surface area contributed by atoms with Gasteiger partial charge in [0.1, 0.15) is 0 Å². The minimum absolute atomic E-state index is 0.103. The number of nitrogens with one attached hydrogen (secondary N) is 1. The number of aryl methyl sites for hydroxylation is 2. The van der Waals surface area contributed by atoms with Crippen LogP contribution in [0.3, 0.4) is 0 Å². The maximum Gasteiger partial charge on any atom is 0.252 e. The van der Waals surface area contributed by atoms with Crippen molar-refractivity contribution in [1.29, 1.82) is 0 Å². The lowest BCUT2D eigenvalue weighted by molar-refractivity contribution is 0.0940. The summed E-state index contributed by atoms with van der Waals surface area (Å²) in [4.78, 5) is 17.8. The van der Waals surface area contributed by atoms with Gasteiger partial charge in [-0.2, -0.15) is 10.2 Å². The van der Waals surface area contributed by atoms with Crippen LogP contribution in [0, 0.1) is 0 Å². The second-order valence-electron chi connectivity index (χ2n) is 7.08. The molecule has 0 spiro atoms. The topological polar surface area (TPSA) is 77.6 Å². The number of fused-ring (bicyclic) bond motifs is 1. The Hall–Kier alpha value is -2.70. The molecule has 1 N–H and O–H groups in total. The van der Waals surface area contributed by atoms with E-state index in [1.54, 1.807) is 10.9 Å². The first-order valence-corrected chi connectivity index (χ1v) is 9.23. The third-order valence-electron chi connectivity index (χ3n) is 4.83. The first-order chi connectivity index (χ1) is 12.6. The van der Waals surface area contributed by atoms with Gasteiger partial charge in [-0.1, -0.05) is 6.92 Å². The maximum atomic E-state index is 13.0. The Balaban J connectivity index is 1.68. The molecule has 0 aromatic carbocycles. The van der Waals surface area contributed by atoms with Gasteiger partial charge in [0.05, 0.1) is 28.9 Å². The van der Waals surface area contributed by atoms with E-state index in [1.165, 1.54) is 0 Å². The second kappa shape index (κ2) is 6.55. The van der Waals surface area contributed by atoms with Crippen molar-refractivity contribution < 1.29 is 4.79 Å². The molecule has 7 heteroatoms. The van der Waals surface area contributed by atoms with E-state index >= 15 is 0 Å². The summed E-state index contributed by atoms with van der Waals surface area (Å²) in [7, 11) is 1.87. The average Bonchev–Trinajstić information content (AvgIpc) is 3.27. The standard InChI is InChI=1S/C19H24N6O/c1-4-8-25-18-15(11-20-25)14(10-17(22-18)13-5-6-13)19(26)21-12(2)16-7-9-24(3)23-16/h7,9-13H,4-6,8H2,1-3H3,(H,21,26)/t12-/m1/s1. The highest BCUT2D eigenvalue weighted by molar-refractivity contribution is 6.05. The Morgan fingerprint density at radius 3 is 2.88 bits per heavy atom. The van der Waals surface area contributed by atoms with Gasteiger partial charge in [0.25, 0.3) is 5.91 Å². The summed E-state index contributed by atoms with van der Waals surface area (Å²) in [5, 5.41) is 12.7. The van der Waals surface area contributed by atoms with Gasteiger partial charge in [0.2, 0.25) is 0 Å². The summed E-state index contributed by atoms with van der Waals surface area (Å²) < 4.78 is 3.64. The highest BCUT2D eigenvalue weighted by atomic mass is 16.1. The van der Waals surface area contributed by atoms with Gasteiger partial charge in [-0.05, 0) is 38.3 Å². The van der Waals surface area contributed by atoms with Gasteiger partial charge in [0.15, 0.2) is 5.65 Å². The van der Waals surface area contributed by atoms with Crippen LogP contribution >= 0.6 is 0 Å². The number of hydrogen-bond donors (Lipinski definition) is 1. The van der Waals surface area contributed by atoms with Gasteiger partial charge < -0.3 is 5.32 Å². The van der Waals surface area contributed by atoms with E-state index in [1.807, 2.05) is 37.0 Å². The quantitative estimate of drug-likeness (QED) is 0.740. The summed E-state index contributed by atoms with van der Waals surface area (Å²) in [5.41, 5.74) is 3.31. The predicted molar refractivity (Wildman–Crippen MR) is 98.9 cm³/mol. The molecular formula is C19H24N6O. The van der Waals surface area contributed by atoms with Crippen molar-refractivity contribution >= 4 is 16.9 Å². The average molecular weight is 352 g/mol. The van der Waals surface area contributed by atoms with Crippen molar-refractivity contribution in [3.05, 3.63) is 41.5 Å². The summed E-state index contributed by atoms with van der Waals surface area (Å²) in [6.45, 7) is 4.86. The Bertz CT molecular complexity index is 952. The summed E-state index contributed by atoms with van der Waals surface area (Å²) >= 11 is 0. The van der Waals surface area contributed by atoms with Crippen LogP contribution in [0.5, 0.6) is 0 Å². The van der Waals surface area contributed by atoms with E-state index in [-0.39, 0.29) is 11.9 Å². The SMILES string of the molecule is CCCn1ncc2c(C(=O)N[C@H](C)c3ccn(C)n3)cc(C3CC3)nc21. The van der Waals surface area contributed by atoms with Crippen LogP contribution in [-0.4, -0.2) is 30.5 Å². The van der Waals surface area contributed by atoms with E-state index in [0.29, 0.717) is 11.5 Å². The fourth-order valence-corrected chi connectivity index (χ4v) is 3.23. The van der Waals surface area contributed by atoms with Crippen molar-refractivity contribution in [3.63, 3.8) is 0 Å². The fraction of sp³-hybridized carbons (Fsp3) is 0.474. The zero-order chi connectivity index (χ0) is 18.3. The molecule has 3 heterocycles. The summed E-state index contributed by atoms with van der Waals surface area (Å²) in [6.07, 6.45) is 6.90. The smallest absolute Gasteiger partial charge is 0.252 e. The van der Waals surface area contributed by atoms with Gasteiger partial charge in [-0.25, -0.2) is 9.67 Å². The molecule has 1 atom stereocenters. The normalized spacial score (nSPS) is 15.3. The molecule has 1 aliphatic rings. The van der Waals surface area contributed by atoms with Gasteiger partial charge in [-0.15, -0.1) is 0 Å². The predicted octanol–water partition coefficient (Wildman–Crippen LogP) is 2.94. The molecule has 0 bridgehead atoms. The van der Waals surface area contributed by atoms with Crippen LogP contribution in [0.1, 0.15) is 66.8 Å².